The van der Waals surface area contributed by atoms with Crippen molar-refractivity contribution in [2.45, 2.75) is 32.0 Å². The number of likely N-dealkylation sites (tertiary alicyclic amines) is 1. The Morgan fingerprint density at radius 1 is 1.30 bits per heavy atom. The van der Waals surface area contributed by atoms with E-state index in [4.69, 9.17) is 4.74 Å². The minimum atomic E-state index is -4.12. The summed E-state index contributed by atoms with van der Waals surface area (Å²) in [6.45, 7) is 5.26. The molecule has 0 aromatic heterocycles. The monoisotopic (exact) mass is 452 g/mol. The molecule has 138 valence electrons. The van der Waals surface area contributed by atoms with Gasteiger partial charge in [-0.3, -0.25) is 9.89 Å². The summed E-state index contributed by atoms with van der Waals surface area (Å²) in [6.07, 6.45) is -3.35. The van der Waals surface area contributed by atoms with Crippen LogP contribution in [0, 0.1) is 5.92 Å². The Bertz CT molecular complexity index is 378. The summed E-state index contributed by atoms with van der Waals surface area (Å²) in [5, 5.41) is 6.32. The lowest BCUT2D eigenvalue weighted by Gasteiger charge is -2.25. The first-order valence-corrected chi connectivity index (χ1v) is 7.44. The number of hydrogen-bond acceptors (Lipinski definition) is 3. The van der Waals surface area contributed by atoms with E-state index in [0.29, 0.717) is 32.1 Å². The van der Waals surface area contributed by atoms with Crippen molar-refractivity contribution in [3.8, 4) is 0 Å². The van der Waals surface area contributed by atoms with Crippen LogP contribution in [0.4, 0.5) is 13.2 Å². The van der Waals surface area contributed by atoms with E-state index in [0.717, 1.165) is 6.42 Å². The molecule has 0 bridgehead atoms. The number of guanidine groups is 1. The number of alkyl halides is 3. The molecule has 23 heavy (non-hydrogen) atoms. The second kappa shape index (κ2) is 9.87. The minimum absolute atomic E-state index is 0. The quantitative estimate of drug-likeness (QED) is 0.368. The maximum absolute atomic E-state index is 12.4. The molecule has 0 aliphatic carbocycles. The average Bonchev–Trinajstić information content (AvgIpc) is 2.84. The minimum Gasteiger partial charge on any atom is -0.377 e. The molecular weight excluding hydrogens is 424 g/mol. The lowest BCUT2D eigenvalue weighted by molar-refractivity contribution is -0.143. The number of rotatable bonds is 6. The van der Waals surface area contributed by atoms with Crippen LogP contribution >= 0.6 is 24.0 Å². The Kier molecular flexibility index (Phi) is 9.75. The molecule has 0 aromatic carbocycles. The molecule has 1 rings (SSSR count). The molecule has 1 heterocycles. The van der Waals surface area contributed by atoms with E-state index >= 15 is 0 Å². The van der Waals surface area contributed by atoms with Crippen LogP contribution < -0.4 is 10.6 Å². The first-order chi connectivity index (χ1) is 10.1. The fourth-order valence-corrected chi connectivity index (χ4v) is 2.31. The third kappa shape index (κ3) is 9.55. The Morgan fingerprint density at radius 3 is 2.48 bits per heavy atom. The molecule has 5 nitrogen and oxygen atoms in total. The summed E-state index contributed by atoms with van der Waals surface area (Å²) < 4.78 is 42.4. The summed E-state index contributed by atoms with van der Waals surface area (Å²) in [7, 11) is 3.31. The fourth-order valence-electron chi connectivity index (χ4n) is 2.31. The third-order valence-corrected chi connectivity index (χ3v) is 3.79. The van der Waals surface area contributed by atoms with Gasteiger partial charge in [-0.2, -0.15) is 13.2 Å². The SMILES string of the molecule is CN=C(NCC1CCN(CC(F)(F)F)C1)NCC(C)(C)OC.I. The van der Waals surface area contributed by atoms with Gasteiger partial charge >= 0.3 is 6.18 Å². The van der Waals surface area contributed by atoms with E-state index in [9.17, 15) is 13.2 Å². The van der Waals surface area contributed by atoms with Crippen LogP contribution in [0.25, 0.3) is 0 Å². The summed E-state index contributed by atoms with van der Waals surface area (Å²) in [6, 6.07) is 0. The Hall–Kier alpha value is -0.290. The molecule has 0 spiro atoms. The van der Waals surface area contributed by atoms with E-state index in [1.54, 1.807) is 14.2 Å². The number of halogens is 4. The topological polar surface area (TPSA) is 48.9 Å². The molecule has 1 aliphatic rings. The molecular formula is C14H28F3IN4O. The first-order valence-electron chi connectivity index (χ1n) is 7.44. The van der Waals surface area contributed by atoms with Gasteiger partial charge in [-0.25, -0.2) is 0 Å². The Morgan fingerprint density at radius 2 is 1.96 bits per heavy atom. The molecule has 0 saturated carbocycles. The number of ether oxygens (including phenoxy) is 1. The second-order valence-electron chi connectivity index (χ2n) is 6.28. The Labute approximate surface area is 153 Å². The summed E-state index contributed by atoms with van der Waals surface area (Å²) in [5.74, 6) is 0.843. The van der Waals surface area contributed by atoms with Gasteiger partial charge in [0.05, 0.1) is 12.1 Å². The van der Waals surface area contributed by atoms with Gasteiger partial charge < -0.3 is 15.4 Å². The molecule has 2 N–H and O–H groups in total. The van der Waals surface area contributed by atoms with E-state index in [1.165, 1.54) is 4.90 Å². The van der Waals surface area contributed by atoms with Gasteiger partial charge in [0.15, 0.2) is 5.96 Å². The van der Waals surface area contributed by atoms with Crippen molar-refractivity contribution < 1.29 is 17.9 Å². The molecule has 1 aliphatic heterocycles. The zero-order valence-electron chi connectivity index (χ0n) is 14.2. The second-order valence-corrected chi connectivity index (χ2v) is 6.28. The highest BCUT2D eigenvalue weighted by molar-refractivity contribution is 14.0. The molecule has 9 heteroatoms. The highest BCUT2D eigenvalue weighted by atomic mass is 127. The summed E-state index contributed by atoms with van der Waals surface area (Å²) >= 11 is 0. The fraction of sp³-hybridized carbons (Fsp3) is 0.929. The third-order valence-electron chi connectivity index (χ3n) is 3.79. The molecule has 0 aromatic rings. The van der Waals surface area contributed by atoms with E-state index in [1.807, 2.05) is 13.8 Å². The van der Waals surface area contributed by atoms with Crippen molar-refractivity contribution in [2.75, 3.05) is 46.9 Å². The maximum Gasteiger partial charge on any atom is 0.401 e. The van der Waals surface area contributed by atoms with Crippen LogP contribution in [0.15, 0.2) is 4.99 Å². The van der Waals surface area contributed by atoms with Gasteiger partial charge in [0.2, 0.25) is 0 Å². The van der Waals surface area contributed by atoms with Crippen molar-refractivity contribution >= 4 is 29.9 Å². The average molecular weight is 452 g/mol. The number of aliphatic imine (C=N–C) groups is 1. The molecule has 0 amide bonds. The lowest BCUT2D eigenvalue weighted by Crippen LogP contribution is -2.46. The number of hydrogen-bond donors (Lipinski definition) is 2. The molecule has 1 fully saturated rings. The van der Waals surface area contributed by atoms with Crippen LogP contribution in [-0.4, -0.2) is 69.5 Å². The number of methoxy groups -OCH3 is 1. The van der Waals surface area contributed by atoms with E-state index in [2.05, 4.69) is 15.6 Å². The van der Waals surface area contributed by atoms with Crippen molar-refractivity contribution in [1.29, 1.82) is 0 Å². The van der Waals surface area contributed by atoms with Crippen molar-refractivity contribution in [2.24, 2.45) is 10.9 Å². The van der Waals surface area contributed by atoms with Crippen LogP contribution in [0.2, 0.25) is 0 Å². The van der Waals surface area contributed by atoms with E-state index in [-0.39, 0.29) is 35.5 Å². The van der Waals surface area contributed by atoms with Crippen molar-refractivity contribution in [3.05, 3.63) is 0 Å². The first kappa shape index (κ1) is 22.7. The normalized spacial score (nSPS) is 20.3. The molecule has 1 atom stereocenters. The highest BCUT2D eigenvalue weighted by Gasteiger charge is 2.34. The van der Waals surface area contributed by atoms with Crippen LogP contribution in [-0.2, 0) is 4.74 Å². The standard InChI is InChI=1S/C14H27F3N4O.HI/c1-13(2,22-4)9-20-12(18-3)19-7-11-5-6-21(8-11)10-14(15,16)17;/h11H,5-10H2,1-4H3,(H2,18,19,20);1H. The molecule has 1 saturated heterocycles. The van der Waals surface area contributed by atoms with Gasteiger partial charge in [-0.15, -0.1) is 24.0 Å². The smallest absolute Gasteiger partial charge is 0.377 e. The van der Waals surface area contributed by atoms with Gasteiger partial charge in [-0.1, -0.05) is 0 Å². The predicted octanol–water partition coefficient (Wildman–Crippen LogP) is 2.08. The maximum atomic E-state index is 12.4. The van der Waals surface area contributed by atoms with Gasteiger partial charge in [0.25, 0.3) is 0 Å². The van der Waals surface area contributed by atoms with Crippen molar-refractivity contribution in [3.63, 3.8) is 0 Å². The summed E-state index contributed by atoms with van der Waals surface area (Å²) in [4.78, 5) is 5.57. The predicted molar refractivity (Wildman–Crippen MR) is 96.5 cm³/mol. The van der Waals surface area contributed by atoms with Gasteiger partial charge in [0, 0.05) is 33.8 Å². The van der Waals surface area contributed by atoms with E-state index < -0.39 is 12.7 Å². The largest absolute Gasteiger partial charge is 0.401 e. The zero-order valence-corrected chi connectivity index (χ0v) is 16.5. The molecule has 1 unspecified atom stereocenters. The highest BCUT2D eigenvalue weighted by Crippen LogP contribution is 2.22. The Balaban J connectivity index is 0.00000484. The van der Waals surface area contributed by atoms with Gasteiger partial charge in [0.1, 0.15) is 0 Å². The van der Waals surface area contributed by atoms with Crippen LogP contribution in [0.3, 0.4) is 0 Å². The molecule has 0 radical (unpaired) electrons. The lowest BCUT2D eigenvalue weighted by atomic mass is 10.1. The number of nitrogens with one attached hydrogen (secondary N) is 2. The van der Waals surface area contributed by atoms with Crippen molar-refractivity contribution in [1.82, 2.24) is 15.5 Å². The summed E-state index contributed by atoms with van der Waals surface area (Å²) in [5.41, 5.74) is -0.311. The van der Waals surface area contributed by atoms with Gasteiger partial charge in [-0.05, 0) is 32.7 Å². The number of nitrogens with zero attached hydrogens (tertiary/aromatic N) is 2. The van der Waals surface area contributed by atoms with Crippen LogP contribution in [0.5, 0.6) is 0 Å². The van der Waals surface area contributed by atoms with Crippen LogP contribution in [0.1, 0.15) is 20.3 Å². The zero-order chi connectivity index (χ0) is 16.8.